The Morgan fingerprint density at radius 3 is 2.44 bits per heavy atom. The monoisotopic (exact) mass is 493 g/mol. The number of aryl methyl sites for hydroxylation is 1. The van der Waals surface area contributed by atoms with Crippen LogP contribution in [0.25, 0.3) is 0 Å². The molecule has 7 heteroatoms. The molecule has 1 aromatic heterocycles. The first-order chi connectivity index (χ1) is 15.2. The van der Waals surface area contributed by atoms with E-state index in [1.165, 1.54) is 0 Å². The van der Waals surface area contributed by atoms with E-state index >= 15 is 0 Å². The van der Waals surface area contributed by atoms with Crippen molar-refractivity contribution in [3.8, 4) is 0 Å². The molecule has 1 aliphatic heterocycles. The normalized spacial score (nSPS) is 18.2. The molecule has 0 spiro atoms. The average molecular weight is 494 g/mol. The van der Waals surface area contributed by atoms with E-state index in [0.29, 0.717) is 17.7 Å². The highest BCUT2D eigenvalue weighted by Gasteiger charge is 2.49. The summed E-state index contributed by atoms with van der Waals surface area (Å²) in [5.74, 6) is -0.702. The van der Waals surface area contributed by atoms with Crippen LogP contribution >= 0.6 is 15.9 Å². The molecule has 32 heavy (non-hydrogen) atoms. The highest BCUT2D eigenvalue weighted by atomic mass is 79.9. The number of rotatable bonds is 6. The number of Topliss-reactive ketones (excluding diaryl/α,β-unsaturated/α-hetero) is 1. The van der Waals surface area contributed by atoms with E-state index in [1.807, 2.05) is 56.3 Å². The highest BCUT2D eigenvalue weighted by Crippen LogP contribution is 2.30. The number of carbonyl (C=O) groups is 3. The van der Waals surface area contributed by atoms with Gasteiger partial charge in [0.05, 0.1) is 6.54 Å². The van der Waals surface area contributed by atoms with Gasteiger partial charge in [0.1, 0.15) is 5.54 Å². The summed E-state index contributed by atoms with van der Waals surface area (Å²) in [6.45, 7) is 5.84. The van der Waals surface area contributed by atoms with Crippen molar-refractivity contribution in [2.75, 3.05) is 6.54 Å². The summed E-state index contributed by atoms with van der Waals surface area (Å²) in [5, 5.41) is 2.75. The summed E-state index contributed by atoms with van der Waals surface area (Å²) in [5.41, 5.74) is 2.86. The SMILES string of the molecule is Cc1cc(C(=O)CN2C(=O)NC(C)(c3cccc(Br)c3)C2=O)c(C)n1Cc1ccccc1. The molecular weight excluding hydrogens is 470 g/mol. The molecule has 6 nitrogen and oxygen atoms in total. The molecule has 1 fully saturated rings. The molecule has 2 aromatic carbocycles. The van der Waals surface area contributed by atoms with Crippen molar-refractivity contribution >= 4 is 33.7 Å². The molecule has 0 radical (unpaired) electrons. The van der Waals surface area contributed by atoms with Crippen molar-refractivity contribution in [1.29, 1.82) is 0 Å². The number of urea groups is 1. The summed E-state index contributed by atoms with van der Waals surface area (Å²) in [6, 6.07) is 18.5. The second kappa shape index (κ2) is 8.39. The number of halogens is 1. The van der Waals surface area contributed by atoms with E-state index in [0.717, 1.165) is 26.3 Å². The number of hydrogen-bond donors (Lipinski definition) is 1. The van der Waals surface area contributed by atoms with E-state index in [2.05, 4.69) is 25.8 Å². The van der Waals surface area contributed by atoms with E-state index in [9.17, 15) is 14.4 Å². The molecule has 1 saturated heterocycles. The Morgan fingerprint density at radius 2 is 1.75 bits per heavy atom. The number of carbonyl (C=O) groups excluding carboxylic acids is 3. The smallest absolute Gasteiger partial charge is 0.325 e. The van der Waals surface area contributed by atoms with Gasteiger partial charge in [0.2, 0.25) is 0 Å². The molecule has 1 N–H and O–H groups in total. The molecule has 1 unspecified atom stereocenters. The van der Waals surface area contributed by atoms with Gasteiger partial charge < -0.3 is 9.88 Å². The number of benzene rings is 2. The summed E-state index contributed by atoms with van der Waals surface area (Å²) in [6.07, 6.45) is 0. The standard InChI is InChI=1S/C25H24BrN3O3/c1-16-12-21(17(2)28(16)14-18-8-5-4-6-9-18)22(30)15-29-23(31)25(3,27-24(29)32)19-10-7-11-20(26)13-19/h4-13H,14-15H2,1-3H3,(H,27,32). The molecule has 2 heterocycles. The van der Waals surface area contributed by atoms with Crippen LogP contribution < -0.4 is 5.32 Å². The Balaban J connectivity index is 1.56. The Bertz CT molecular complexity index is 1220. The van der Waals surface area contributed by atoms with Crippen molar-refractivity contribution in [2.24, 2.45) is 0 Å². The van der Waals surface area contributed by atoms with Gasteiger partial charge in [-0.2, -0.15) is 0 Å². The minimum Gasteiger partial charge on any atom is -0.344 e. The quantitative estimate of drug-likeness (QED) is 0.403. The lowest BCUT2D eigenvalue weighted by molar-refractivity contribution is -0.130. The van der Waals surface area contributed by atoms with E-state index in [4.69, 9.17) is 0 Å². The largest absolute Gasteiger partial charge is 0.344 e. The first kappa shape index (κ1) is 22.0. The molecule has 0 aliphatic carbocycles. The summed E-state index contributed by atoms with van der Waals surface area (Å²) in [7, 11) is 0. The maximum absolute atomic E-state index is 13.2. The Morgan fingerprint density at radius 1 is 1.03 bits per heavy atom. The zero-order chi connectivity index (χ0) is 23.0. The van der Waals surface area contributed by atoms with Crippen molar-refractivity contribution in [2.45, 2.75) is 32.9 Å². The van der Waals surface area contributed by atoms with Crippen molar-refractivity contribution in [1.82, 2.24) is 14.8 Å². The number of nitrogens with one attached hydrogen (secondary N) is 1. The van der Waals surface area contributed by atoms with Crippen LogP contribution in [-0.2, 0) is 16.9 Å². The zero-order valence-corrected chi connectivity index (χ0v) is 19.8. The van der Waals surface area contributed by atoms with Gasteiger partial charge in [0, 0.05) is 28.0 Å². The maximum atomic E-state index is 13.2. The molecular formula is C25H24BrN3O3. The van der Waals surface area contributed by atoms with Gasteiger partial charge in [0.15, 0.2) is 5.78 Å². The summed E-state index contributed by atoms with van der Waals surface area (Å²) >= 11 is 3.40. The van der Waals surface area contributed by atoms with Gasteiger partial charge in [0.25, 0.3) is 5.91 Å². The first-order valence-electron chi connectivity index (χ1n) is 10.3. The predicted octanol–water partition coefficient (Wildman–Crippen LogP) is 4.57. The third kappa shape index (κ3) is 3.88. The number of ketones is 1. The molecule has 0 bridgehead atoms. The lowest BCUT2D eigenvalue weighted by Crippen LogP contribution is -2.41. The van der Waals surface area contributed by atoms with Crippen LogP contribution in [0.5, 0.6) is 0 Å². The highest BCUT2D eigenvalue weighted by molar-refractivity contribution is 9.10. The second-order valence-electron chi connectivity index (χ2n) is 8.24. The lowest BCUT2D eigenvalue weighted by Gasteiger charge is -2.22. The van der Waals surface area contributed by atoms with Gasteiger partial charge in [-0.15, -0.1) is 0 Å². The average Bonchev–Trinajstić information content (AvgIpc) is 3.17. The zero-order valence-electron chi connectivity index (χ0n) is 18.2. The van der Waals surface area contributed by atoms with Gasteiger partial charge in [-0.05, 0) is 50.1 Å². The Labute approximate surface area is 195 Å². The van der Waals surface area contributed by atoms with Crippen LogP contribution in [0.1, 0.15) is 39.8 Å². The van der Waals surface area contributed by atoms with Crippen molar-refractivity contribution in [3.05, 3.63) is 93.2 Å². The fourth-order valence-electron chi connectivity index (χ4n) is 4.16. The number of hydrogen-bond acceptors (Lipinski definition) is 3. The molecule has 0 saturated carbocycles. The molecule has 1 aliphatic rings. The van der Waals surface area contributed by atoms with Crippen LogP contribution in [0.15, 0.2) is 65.1 Å². The van der Waals surface area contributed by atoms with E-state index in [1.54, 1.807) is 25.1 Å². The van der Waals surface area contributed by atoms with Gasteiger partial charge in [-0.1, -0.05) is 58.4 Å². The minimum atomic E-state index is -1.22. The van der Waals surface area contributed by atoms with Gasteiger partial charge >= 0.3 is 6.03 Å². The van der Waals surface area contributed by atoms with Crippen LogP contribution in [0, 0.1) is 13.8 Å². The number of imide groups is 1. The Kier molecular flexibility index (Phi) is 5.77. The lowest BCUT2D eigenvalue weighted by atomic mass is 9.92. The van der Waals surface area contributed by atoms with Crippen LogP contribution in [0.3, 0.4) is 0 Å². The molecule has 164 valence electrons. The number of nitrogens with zero attached hydrogens (tertiary/aromatic N) is 2. The number of aromatic nitrogens is 1. The van der Waals surface area contributed by atoms with Crippen molar-refractivity contribution in [3.63, 3.8) is 0 Å². The van der Waals surface area contributed by atoms with Crippen LogP contribution in [0.2, 0.25) is 0 Å². The summed E-state index contributed by atoms with van der Waals surface area (Å²) < 4.78 is 2.87. The molecule has 1 atom stereocenters. The van der Waals surface area contributed by atoms with Crippen molar-refractivity contribution < 1.29 is 14.4 Å². The Hall–Kier alpha value is -3.19. The fourth-order valence-corrected chi connectivity index (χ4v) is 4.56. The minimum absolute atomic E-state index is 0.264. The molecule has 3 amide bonds. The van der Waals surface area contributed by atoms with Gasteiger partial charge in [-0.25, -0.2) is 4.79 Å². The van der Waals surface area contributed by atoms with Crippen LogP contribution in [0.4, 0.5) is 4.79 Å². The molecule has 4 rings (SSSR count). The predicted molar refractivity (Wildman–Crippen MR) is 126 cm³/mol. The second-order valence-corrected chi connectivity index (χ2v) is 9.15. The maximum Gasteiger partial charge on any atom is 0.325 e. The van der Waals surface area contributed by atoms with Crippen LogP contribution in [-0.4, -0.2) is 33.7 Å². The first-order valence-corrected chi connectivity index (χ1v) is 11.1. The molecule has 3 aromatic rings. The van der Waals surface area contributed by atoms with E-state index < -0.39 is 17.5 Å². The summed E-state index contributed by atoms with van der Waals surface area (Å²) in [4.78, 5) is 40.0. The fraction of sp³-hybridized carbons (Fsp3) is 0.240. The number of amides is 3. The van der Waals surface area contributed by atoms with Gasteiger partial charge in [-0.3, -0.25) is 14.5 Å². The third-order valence-electron chi connectivity index (χ3n) is 6.04. The topological polar surface area (TPSA) is 71.4 Å². The third-order valence-corrected chi connectivity index (χ3v) is 6.53. The van der Waals surface area contributed by atoms with E-state index in [-0.39, 0.29) is 12.3 Å².